The highest BCUT2D eigenvalue weighted by atomic mass is 16.5. The number of hydrogen-bond donors (Lipinski definition) is 0. The van der Waals surface area contributed by atoms with Crippen LogP contribution in [0.2, 0.25) is 0 Å². The molecule has 3 aliphatic heterocycles. The van der Waals surface area contributed by atoms with Gasteiger partial charge in [-0.3, -0.25) is 9.80 Å². The van der Waals surface area contributed by atoms with E-state index < -0.39 is 0 Å². The molecule has 0 radical (unpaired) electrons. The van der Waals surface area contributed by atoms with Crippen molar-refractivity contribution >= 4 is 0 Å². The zero-order chi connectivity index (χ0) is 10.5. The summed E-state index contributed by atoms with van der Waals surface area (Å²) < 4.78 is 5.33. The van der Waals surface area contributed by atoms with E-state index in [1.165, 1.54) is 32.5 Å². The molecule has 15 heavy (non-hydrogen) atoms. The van der Waals surface area contributed by atoms with E-state index in [-0.39, 0.29) is 0 Å². The quantitative estimate of drug-likeness (QED) is 0.675. The van der Waals surface area contributed by atoms with Crippen LogP contribution in [0.25, 0.3) is 0 Å². The van der Waals surface area contributed by atoms with E-state index in [4.69, 9.17) is 4.74 Å². The summed E-state index contributed by atoms with van der Waals surface area (Å²) in [4.78, 5) is 5.34. The molecule has 0 unspecified atom stereocenters. The summed E-state index contributed by atoms with van der Waals surface area (Å²) >= 11 is 0. The molecular weight excluding hydrogens is 188 g/mol. The number of ether oxygens (including phenoxy) is 1. The summed E-state index contributed by atoms with van der Waals surface area (Å²) in [5.74, 6) is 0. The molecule has 0 aromatic heterocycles. The molecule has 3 rings (SSSR count). The second-order valence-electron chi connectivity index (χ2n) is 5.71. The van der Waals surface area contributed by atoms with E-state index in [1.807, 2.05) is 0 Å². The van der Waals surface area contributed by atoms with Crippen LogP contribution in [0.5, 0.6) is 0 Å². The van der Waals surface area contributed by atoms with Gasteiger partial charge in [-0.2, -0.15) is 0 Å². The van der Waals surface area contributed by atoms with Gasteiger partial charge in [0.1, 0.15) is 0 Å². The van der Waals surface area contributed by atoms with E-state index in [2.05, 4.69) is 23.6 Å². The standard InChI is InChI=1S/C12H22N2O/c1-10(2)13-8-12(9-13)4-3-5-14(12)11-6-15-7-11/h10-11H,3-9H2,1-2H3. The Bertz CT molecular complexity index is 244. The van der Waals surface area contributed by atoms with Crippen LogP contribution in [-0.2, 0) is 4.74 Å². The summed E-state index contributed by atoms with van der Waals surface area (Å²) in [7, 11) is 0. The van der Waals surface area contributed by atoms with Crippen molar-refractivity contribution in [3.05, 3.63) is 0 Å². The first-order chi connectivity index (χ1) is 7.21. The van der Waals surface area contributed by atoms with Crippen molar-refractivity contribution < 1.29 is 4.74 Å². The van der Waals surface area contributed by atoms with Crippen LogP contribution < -0.4 is 0 Å². The average Bonchev–Trinajstić information content (AvgIpc) is 2.42. The predicted octanol–water partition coefficient (Wildman–Crippen LogP) is 0.944. The first-order valence-electron chi connectivity index (χ1n) is 6.30. The normalized spacial score (nSPS) is 32.2. The topological polar surface area (TPSA) is 15.7 Å². The van der Waals surface area contributed by atoms with Gasteiger partial charge in [0.25, 0.3) is 0 Å². The lowest BCUT2D eigenvalue weighted by molar-refractivity contribution is -0.133. The summed E-state index contributed by atoms with van der Waals surface area (Å²) in [6, 6.07) is 1.46. The van der Waals surface area contributed by atoms with E-state index in [1.54, 1.807) is 0 Å². The number of rotatable bonds is 2. The summed E-state index contributed by atoms with van der Waals surface area (Å²) in [6.45, 7) is 10.5. The van der Waals surface area contributed by atoms with Gasteiger partial charge in [0.05, 0.1) is 19.3 Å². The molecule has 0 atom stereocenters. The first kappa shape index (κ1) is 10.1. The third-order valence-corrected chi connectivity index (χ3v) is 4.44. The van der Waals surface area contributed by atoms with E-state index in [0.29, 0.717) is 5.54 Å². The second kappa shape index (κ2) is 3.44. The Labute approximate surface area is 92.4 Å². The van der Waals surface area contributed by atoms with Crippen molar-refractivity contribution in [1.29, 1.82) is 0 Å². The first-order valence-corrected chi connectivity index (χ1v) is 6.30. The Hall–Kier alpha value is -0.120. The molecule has 0 amide bonds. The average molecular weight is 210 g/mol. The maximum atomic E-state index is 5.33. The van der Waals surface area contributed by atoms with Crippen molar-refractivity contribution in [2.45, 2.75) is 44.3 Å². The van der Waals surface area contributed by atoms with Crippen molar-refractivity contribution in [1.82, 2.24) is 9.80 Å². The van der Waals surface area contributed by atoms with E-state index >= 15 is 0 Å². The van der Waals surface area contributed by atoms with Crippen LogP contribution in [0.1, 0.15) is 26.7 Å². The monoisotopic (exact) mass is 210 g/mol. The molecule has 3 saturated heterocycles. The predicted molar refractivity (Wildman–Crippen MR) is 60.0 cm³/mol. The third kappa shape index (κ3) is 1.44. The SMILES string of the molecule is CC(C)N1CC2(CCCN2C2COC2)C1. The molecule has 3 heterocycles. The second-order valence-corrected chi connectivity index (χ2v) is 5.71. The zero-order valence-electron chi connectivity index (χ0n) is 9.91. The van der Waals surface area contributed by atoms with Gasteiger partial charge < -0.3 is 4.74 Å². The Morgan fingerprint density at radius 3 is 2.53 bits per heavy atom. The molecule has 0 bridgehead atoms. The molecule has 1 spiro atoms. The van der Waals surface area contributed by atoms with Gasteiger partial charge >= 0.3 is 0 Å². The Kier molecular flexibility index (Phi) is 2.31. The van der Waals surface area contributed by atoms with Gasteiger partial charge in [0.2, 0.25) is 0 Å². The number of hydrogen-bond acceptors (Lipinski definition) is 3. The highest BCUT2D eigenvalue weighted by Crippen LogP contribution is 2.40. The minimum atomic E-state index is 0.540. The lowest BCUT2D eigenvalue weighted by Crippen LogP contribution is -2.72. The van der Waals surface area contributed by atoms with Crippen LogP contribution in [0.4, 0.5) is 0 Å². The third-order valence-electron chi connectivity index (χ3n) is 4.44. The molecular formula is C12H22N2O. The molecule has 86 valence electrons. The van der Waals surface area contributed by atoms with Crippen molar-refractivity contribution in [2.75, 3.05) is 32.8 Å². The van der Waals surface area contributed by atoms with Crippen LogP contribution in [0.3, 0.4) is 0 Å². The maximum Gasteiger partial charge on any atom is 0.0645 e. The van der Waals surface area contributed by atoms with Gasteiger partial charge in [-0.15, -0.1) is 0 Å². The minimum Gasteiger partial charge on any atom is -0.378 e. The summed E-state index contributed by atoms with van der Waals surface area (Å²) in [5, 5.41) is 0. The molecule has 3 aliphatic rings. The lowest BCUT2D eigenvalue weighted by Gasteiger charge is -2.57. The number of likely N-dealkylation sites (tertiary alicyclic amines) is 2. The highest BCUT2D eigenvalue weighted by molar-refractivity contribution is 5.10. The Morgan fingerprint density at radius 2 is 2.00 bits per heavy atom. The molecule has 0 saturated carbocycles. The molecule has 3 fully saturated rings. The molecule has 3 nitrogen and oxygen atoms in total. The highest BCUT2D eigenvalue weighted by Gasteiger charge is 2.53. The lowest BCUT2D eigenvalue weighted by atomic mass is 9.84. The van der Waals surface area contributed by atoms with Gasteiger partial charge in [-0.25, -0.2) is 0 Å². The van der Waals surface area contributed by atoms with E-state index in [0.717, 1.165) is 25.3 Å². The summed E-state index contributed by atoms with van der Waals surface area (Å²) in [6.07, 6.45) is 2.80. The van der Waals surface area contributed by atoms with E-state index in [9.17, 15) is 0 Å². The molecule has 0 N–H and O–H groups in total. The number of nitrogens with zero attached hydrogens (tertiary/aromatic N) is 2. The zero-order valence-corrected chi connectivity index (χ0v) is 9.91. The van der Waals surface area contributed by atoms with Gasteiger partial charge in [0, 0.05) is 24.7 Å². The van der Waals surface area contributed by atoms with Gasteiger partial charge in [0.15, 0.2) is 0 Å². The van der Waals surface area contributed by atoms with Crippen LogP contribution in [0, 0.1) is 0 Å². The molecule has 0 aliphatic carbocycles. The Balaban J connectivity index is 1.65. The smallest absolute Gasteiger partial charge is 0.0645 e. The van der Waals surface area contributed by atoms with Crippen molar-refractivity contribution in [3.8, 4) is 0 Å². The van der Waals surface area contributed by atoms with Crippen molar-refractivity contribution in [3.63, 3.8) is 0 Å². The fraction of sp³-hybridized carbons (Fsp3) is 1.00. The minimum absolute atomic E-state index is 0.540. The largest absolute Gasteiger partial charge is 0.378 e. The summed E-state index contributed by atoms with van der Waals surface area (Å²) in [5.41, 5.74) is 0.540. The van der Waals surface area contributed by atoms with Crippen LogP contribution >= 0.6 is 0 Å². The maximum absolute atomic E-state index is 5.33. The Morgan fingerprint density at radius 1 is 1.27 bits per heavy atom. The van der Waals surface area contributed by atoms with Gasteiger partial charge in [-0.05, 0) is 33.2 Å². The van der Waals surface area contributed by atoms with Gasteiger partial charge in [-0.1, -0.05) is 0 Å². The van der Waals surface area contributed by atoms with Crippen LogP contribution in [-0.4, -0.2) is 60.3 Å². The molecule has 0 aromatic rings. The fourth-order valence-corrected chi connectivity index (χ4v) is 3.35. The molecule has 3 heteroatoms. The van der Waals surface area contributed by atoms with Crippen molar-refractivity contribution in [2.24, 2.45) is 0 Å². The fourth-order valence-electron chi connectivity index (χ4n) is 3.35. The molecule has 0 aromatic carbocycles. The van der Waals surface area contributed by atoms with Crippen LogP contribution in [0.15, 0.2) is 0 Å².